The first-order chi connectivity index (χ1) is 18.8. The van der Waals surface area contributed by atoms with Crippen LogP contribution in [0.25, 0.3) is 0 Å². The summed E-state index contributed by atoms with van der Waals surface area (Å²) in [6.45, 7) is 1.48. The van der Waals surface area contributed by atoms with Gasteiger partial charge < -0.3 is 25.0 Å². The fraction of sp³-hybridized carbons (Fsp3) is 0.462. The van der Waals surface area contributed by atoms with Gasteiger partial charge in [0.1, 0.15) is 35.6 Å². The van der Waals surface area contributed by atoms with Gasteiger partial charge in [-0.25, -0.2) is 12.7 Å². The van der Waals surface area contributed by atoms with Crippen LogP contribution in [-0.4, -0.2) is 84.7 Å². The van der Waals surface area contributed by atoms with E-state index in [2.05, 4.69) is 15.0 Å². The molecule has 0 aromatic heterocycles. The Kier molecular flexibility index (Phi) is 8.73. The highest BCUT2D eigenvalue weighted by molar-refractivity contribution is 7.89. The zero-order valence-corrected chi connectivity index (χ0v) is 22.5. The molecule has 3 N–H and O–H groups in total. The molecule has 40 heavy (non-hydrogen) atoms. The van der Waals surface area contributed by atoms with E-state index in [1.54, 1.807) is 18.2 Å². The Morgan fingerprint density at radius 2 is 1.88 bits per heavy atom. The highest BCUT2D eigenvalue weighted by atomic mass is 32.2. The fourth-order valence-corrected chi connectivity index (χ4v) is 6.09. The second kappa shape index (κ2) is 11.7. The number of rotatable bonds is 10. The van der Waals surface area contributed by atoms with E-state index in [1.807, 2.05) is 6.92 Å². The minimum atomic E-state index is -4.86. The van der Waals surface area contributed by atoms with Crippen LogP contribution in [0, 0.1) is 6.92 Å². The highest BCUT2D eigenvalue weighted by Gasteiger charge is 2.47. The lowest BCUT2D eigenvalue weighted by atomic mass is 9.89. The number of benzene rings is 2. The average Bonchev–Trinajstić information content (AvgIpc) is 3.21. The van der Waals surface area contributed by atoms with Crippen molar-refractivity contribution in [3.8, 4) is 11.5 Å². The van der Waals surface area contributed by atoms with Crippen molar-refractivity contribution in [3.05, 3.63) is 59.2 Å². The van der Waals surface area contributed by atoms with Gasteiger partial charge in [-0.05, 0) is 61.6 Å². The highest BCUT2D eigenvalue weighted by Crippen LogP contribution is 2.33. The van der Waals surface area contributed by atoms with Gasteiger partial charge in [0.05, 0.1) is 12.4 Å². The number of alkyl halides is 3. The van der Waals surface area contributed by atoms with Gasteiger partial charge in [0.15, 0.2) is 0 Å². The van der Waals surface area contributed by atoms with Crippen LogP contribution >= 0.6 is 0 Å². The smallest absolute Gasteiger partial charge is 0.491 e. The SMILES string of the molecule is Cc1cc(OC[C@@H](O)CO)ccc1CCS(=O)(=O)N1CCC2(CC1)N=C(c1cccc(OC(F)(F)F)c1)NC2=O. The molecule has 0 unspecified atom stereocenters. The molecule has 4 rings (SSSR count). The van der Waals surface area contributed by atoms with E-state index in [1.165, 1.54) is 16.4 Å². The standard InChI is InChI=1S/C26H30F3N3O7S/c1-17-13-21(38-16-20(34)15-33)6-5-18(17)7-12-40(36,37)32-10-8-25(9-11-32)24(35)30-23(31-25)19-3-2-4-22(14-19)39-26(27,28)29/h2-6,13-14,20,33-34H,7-12,15-16H2,1H3,(H,30,31,35)/t20-/m0/s1. The molecule has 14 heteroatoms. The van der Waals surface area contributed by atoms with Gasteiger partial charge in [-0.15, -0.1) is 13.2 Å². The summed E-state index contributed by atoms with van der Waals surface area (Å²) in [6.07, 6.45) is -5.34. The summed E-state index contributed by atoms with van der Waals surface area (Å²) in [5, 5.41) is 20.9. The number of hydrogen-bond donors (Lipinski definition) is 3. The molecular formula is C26H30F3N3O7S. The molecule has 1 atom stereocenters. The number of amides is 1. The summed E-state index contributed by atoms with van der Waals surface area (Å²) < 4.78 is 74.6. The zero-order chi connectivity index (χ0) is 29.1. The molecule has 1 amide bonds. The number of halogens is 3. The topological polar surface area (TPSA) is 138 Å². The number of carbonyl (C=O) groups excluding carboxylic acids is 1. The van der Waals surface area contributed by atoms with Crippen LogP contribution < -0.4 is 14.8 Å². The van der Waals surface area contributed by atoms with Crippen molar-refractivity contribution in [2.45, 2.75) is 44.2 Å². The Bertz CT molecular complexity index is 1370. The van der Waals surface area contributed by atoms with Crippen LogP contribution in [0.15, 0.2) is 47.5 Å². The normalized spacial score (nSPS) is 18.4. The first kappa shape index (κ1) is 29.8. The summed E-state index contributed by atoms with van der Waals surface area (Å²) in [6, 6.07) is 10.3. The van der Waals surface area contributed by atoms with Crippen LogP contribution in [0.5, 0.6) is 11.5 Å². The van der Waals surface area contributed by atoms with Crippen LogP contribution in [0.2, 0.25) is 0 Å². The van der Waals surface area contributed by atoms with Crippen molar-refractivity contribution >= 4 is 21.8 Å². The number of amidine groups is 1. The molecule has 0 aliphatic carbocycles. The number of nitrogens with one attached hydrogen (secondary N) is 1. The van der Waals surface area contributed by atoms with E-state index in [4.69, 9.17) is 9.84 Å². The minimum absolute atomic E-state index is 0.0669. The quantitative estimate of drug-likeness (QED) is 0.387. The van der Waals surface area contributed by atoms with Gasteiger partial charge in [-0.2, -0.15) is 0 Å². The van der Waals surface area contributed by atoms with Gasteiger partial charge in [-0.3, -0.25) is 9.79 Å². The predicted molar refractivity (Wildman–Crippen MR) is 139 cm³/mol. The molecule has 2 aliphatic heterocycles. The lowest BCUT2D eigenvalue weighted by Crippen LogP contribution is -2.50. The summed E-state index contributed by atoms with van der Waals surface area (Å²) >= 11 is 0. The van der Waals surface area contributed by atoms with Gasteiger partial charge in [0.2, 0.25) is 10.0 Å². The van der Waals surface area contributed by atoms with Crippen molar-refractivity contribution < 1.29 is 46.1 Å². The van der Waals surface area contributed by atoms with E-state index in [-0.39, 0.29) is 56.1 Å². The largest absolute Gasteiger partial charge is 0.573 e. The predicted octanol–water partition coefficient (Wildman–Crippen LogP) is 1.91. The second-order valence-electron chi connectivity index (χ2n) is 9.72. The molecule has 2 aromatic rings. The molecule has 2 heterocycles. The number of ether oxygens (including phenoxy) is 2. The molecule has 1 saturated heterocycles. The summed E-state index contributed by atoms with van der Waals surface area (Å²) in [5.41, 5.74) is 0.683. The van der Waals surface area contributed by atoms with Gasteiger partial charge in [-0.1, -0.05) is 18.2 Å². The average molecular weight is 586 g/mol. The number of aliphatic hydroxyl groups is 2. The number of nitrogens with zero attached hydrogens (tertiary/aromatic N) is 2. The second-order valence-corrected chi connectivity index (χ2v) is 11.8. The Balaban J connectivity index is 1.36. The first-order valence-corrected chi connectivity index (χ1v) is 14.2. The van der Waals surface area contributed by atoms with Crippen molar-refractivity contribution in [1.29, 1.82) is 0 Å². The first-order valence-electron chi connectivity index (χ1n) is 12.6. The minimum Gasteiger partial charge on any atom is -0.491 e. The molecular weight excluding hydrogens is 555 g/mol. The molecule has 0 bridgehead atoms. The Hall–Kier alpha value is -3.20. The van der Waals surface area contributed by atoms with E-state index in [0.29, 0.717) is 5.75 Å². The van der Waals surface area contributed by atoms with Gasteiger partial charge >= 0.3 is 6.36 Å². The van der Waals surface area contributed by atoms with Crippen molar-refractivity contribution in [3.63, 3.8) is 0 Å². The maximum atomic E-state index is 13.1. The number of hydrogen-bond acceptors (Lipinski definition) is 8. The number of piperidine rings is 1. The van der Waals surface area contributed by atoms with Crippen LogP contribution in [0.4, 0.5) is 13.2 Å². The van der Waals surface area contributed by atoms with E-state index >= 15 is 0 Å². The zero-order valence-electron chi connectivity index (χ0n) is 21.6. The molecule has 0 radical (unpaired) electrons. The van der Waals surface area contributed by atoms with Crippen molar-refractivity contribution in [1.82, 2.24) is 9.62 Å². The van der Waals surface area contributed by atoms with E-state index in [9.17, 15) is 31.5 Å². The number of sulfonamides is 1. The van der Waals surface area contributed by atoms with Crippen LogP contribution in [0.1, 0.15) is 29.5 Å². The molecule has 1 fully saturated rings. The third kappa shape index (κ3) is 7.11. The maximum Gasteiger partial charge on any atom is 0.573 e. The van der Waals surface area contributed by atoms with E-state index < -0.39 is 46.3 Å². The summed E-state index contributed by atoms with van der Waals surface area (Å²) in [7, 11) is -3.65. The lowest BCUT2D eigenvalue weighted by molar-refractivity contribution is -0.274. The number of aryl methyl sites for hydroxylation is 2. The van der Waals surface area contributed by atoms with Crippen molar-refractivity contribution in [2.75, 3.05) is 32.1 Å². The fourth-order valence-electron chi connectivity index (χ4n) is 4.62. The monoisotopic (exact) mass is 585 g/mol. The van der Waals surface area contributed by atoms with Crippen LogP contribution in [0.3, 0.4) is 0 Å². The third-order valence-corrected chi connectivity index (χ3v) is 8.73. The van der Waals surface area contributed by atoms with Gasteiger partial charge in [0, 0.05) is 18.7 Å². The van der Waals surface area contributed by atoms with Crippen molar-refractivity contribution in [2.24, 2.45) is 4.99 Å². The molecule has 2 aromatic carbocycles. The lowest BCUT2D eigenvalue weighted by Gasteiger charge is -2.34. The van der Waals surface area contributed by atoms with E-state index in [0.717, 1.165) is 23.3 Å². The molecule has 1 spiro atoms. The Morgan fingerprint density at radius 1 is 1.15 bits per heavy atom. The molecule has 10 nitrogen and oxygen atoms in total. The Labute approximate surface area is 229 Å². The Morgan fingerprint density at radius 3 is 2.52 bits per heavy atom. The molecule has 218 valence electrons. The molecule has 0 saturated carbocycles. The van der Waals surface area contributed by atoms with Crippen LogP contribution in [-0.2, 0) is 21.2 Å². The number of aliphatic imine (C=N–C) groups is 1. The summed E-state index contributed by atoms with van der Waals surface area (Å²) in [4.78, 5) is 17.3. The number of aliphatic hydroxyl groups excluding tert-OH is 2. The number of carbonyl (C=O) groups is 1. The maximum absolute atomic E-state index is 13.1. The summed E-state index contributed by atoms with van der Waals surface area (Å²) in [5.74, 6) is -0.403. The third-order valence-electron chi connectivity index (χ3n) is 6.86. The molecule has 2 aliphatic rings. The van der Waals surface area contributed by atoms with Gasteiger partial charge in [0.25, 0.3) is 5.91 Å².